The number of hydrogen-bond donors (Lipinski definition) is 0. The molecule has 18 heavy (non-hydrogen) atoms. The zero-order valence-electron chi connectivity index (χ0n) is 10.5. The molecule has 0 radical (unpaired) electrons. The predicted molar refractivity (Wildman–Crippen MR) is 67.6 cm³/mol. The van der Waals surface area contributed by atoms with Gasteiger partial charge in [-0.3, -0.25) is 0 Å². The molecule has 6 heteroatoms. The number of ether oxygens (including phenoxy) is 1. The Hall–Kier alpha value is -1.74. The zero-order valence-corrected chi connectivity index (χ0v) is 11.3. The second kappa shape index (κ2) is 4.18. The van der Waals surface area contributed by atoms with Crippen LogP contribution < -0.4 is 9.64 Å². The Balaban J connectivity index is 2.82. The third-order valence-electron chi connectivity index (χ3n) is 3.17. The first-order chi connectivity index (χ1) is 8.42. The molecule has 5 nitrogen and oxygen atoms in total. The van der Waals surface area contributed by atoms with E-state index in [0.717, 1.165) is 0 Å². The Labute approximate surface area is 107 Å². The maximum atomic E-state index is 12.2. The minimum Gasteiger partial charge on any atom is -0.495 e. The average Bonchev–Trinajstić information content (AvgIpc) is 2.33. The van der Waals surface area contributed by atoms with E-state index >= 15 is 0 Å². The minimum absolute atomic E-state index is 0.180. The zero-order chi connectivity index (χ0) is 13.5. The molecule has 2 rings (SSSR count). The van der Waals surface area contributed by atoms with E-state index in [0.29, 0.717) is 17.0 Å². The van der Waals surface area contributed by atoms with Gasteiger partial charge >= 0.3 is 0 Å². The molecule has 0 aromatic heterocycles. The van der Waals surface area contributed by atoms with E-state index in [1.54, 1.807) is 31.0 Å². The highest BCUT2D eigenvalue weighted by Crippen LogP contribution is 2.41. The van der Waals surface area contributed by atoms with Crippen LogP contribution in [0.25, 0.3) is 0 Å². The summed E-state index contributed by atoms with van der Waals surface area (Å²) in [6, 6.07) is 4.77. The second-order valence-electron chi connectivity index (χ2n) is 4.30. The van der Waals surface area contributed by atoms with E-state index in [1.807, 2.05) is 6.07 Å². The van der Waals surface area contributed by atoms with Gasteiger partial charge in [0.05, 0.1) is 29.5 Å². The van der Waals surface area contributed by atoms with Crippen LogP contribution in [0.3, 0.4) is 0 Å². The Morgan fingerprint density at radius 3 is 2.72 bits per heavy atom. The molecule has 0 bridgehead atoms. The molecule has 0 saturated heterocycles. The van der Waals surface area contributed by atoms with Crippen LogP contribution in [0.2, 0.25) is 0 Å². The van der Waals surface area contributed by atoms with Gasteiger partial charge < -0.3 is 9.64 Å². The number of fused-ring (bicyclic) bond motifs is 1. The maximum Gasteiger partial charge on any atom is 0.183 e. The molecule has 1 atom stereocenters. The molecule has 1 heterocycles. The summed E-state index contributed by atoms with van der Waals surface area (Å²) in [5.74, 6) is 0.294. The monoisotopic (exact) mass is 266 g/mol. The first-order valence-corrected chi connectivity index (χ1v) is 7.10. The molecular weight excluding hydrogens is 252 g/mol. The summed E-state index contributed by atoms with van der Waals surface area (Å²) in [6.45, 7) is 1.75. The van der Waals surface area contributed by atoms with Crippen LogP contribution in [-0.4, -0.2) is 34.4 Å². The molecule has 0 N–H and O–H groups in total. The van der Waals surface area contributed by atoms with Gasteiger partial charge in [0.1, 0.15) is 11.8 Å². The van der Waals surface area contributed by atoms with Gasteiger partial charge in [0, 0.05) is 7.05 Å². The lowest BCUT2D eigenvalue weighted by Crippen LogP contribution is -2.41. The van der Waals surface area contributed by atoms with Gasteiger partial charge in [-0.05, 0) is 18.6 Å². The molecule has 0 amide bonds. The molecule has 1 aromatic rings. The van der Waals surface area contributed by atoms with Crippen molar-refractivity contribution in [1.82, 2.24) is 0 Å². The molecule has 0 spiro atoms. The number of anilines is 1. The number of hydrogen-bond acceptors (Lipinski definition) is 5. The van der Waals surface area contributed by atoms with Gasteiger partial charge in [-0.2, -0.15) is 5.26 Å². The van der Waals surface area contributed by atoms with Crippen molar-refractivity contribution in [3.63, 3.8) is 0 Å². The van der Waals surface area contributed by atoms with Crippen LogP contribution in [0.4, 0.5) is 5.69 Å². The minimum atomic E-state index is -3.44. The molecule has 0 aliphatic carbocycles. The van der Waals surface area contributed by atoms with E-state index in [9.17, 15) is 8.42 Å². The van der Waals surface area contributed by atoms with Crippen LogP contribution in [0.5, 0.6) is 5.75 Å². The first kappa shape index (κ1) is 12.7. The quantitative estimate of drug-likeness (QED) is 0.761. The molecule has 1 aliphatic heterocycles. The lowest BCUT2D eigenvalue weighted by molar-refractivity contribution is 0.412. The molecule has 96 valence electrons. The number of rotatable bonds is 1. The van der Waals surface area contributed by atoms with Gasteiger partial charge in [0.2, 0.25) is 0 Å². The summed E-state index contributed by atoms with van der Waals surface area (Å²) in [7, 11) is -0.245. The number of nitrogens with zero attached hydrogens (tertiary/aromatic N) is 2. The number of sulfone groups is 1. The fourth-order valence-electron chi connectivity index (χ4n) is 2.23. The van der Waals surface area contributed by atoms with Gasteiger partial charge in [0.15, 0.2) is 9.84 Å². The standard InChI is InChI=1S/C12H14N2O3S/c1-8-4-5-10(17-3)11-12(8)18(15,16)7-9(6-13)14(11)2/h4-5,9H,7H2,1-3H3. The van der Waals surface area contributed by atoms with Crippen molar-refractivity contribution >= 4 is 15.5 Å². The van der Waals surface area contributed by atoms with Gasteiger partial charge in [-0.1, -0.05) is 6.07 Å². The number of nitriles is 1. The highest BCUT2D eigenvalue weighted by atomic mass is 32.2. The third kappa shape index (κ3) is 1.71. The van der Waals surface area contributed by atoms with E-state index in [4.69, 9.17) is 10.00 Å². The summed E-state index contributed by atoms with van der Waals surface area (Å²) in [5, 5.41) is 9.06. The molecule has 0 fully saturated rings. The summed E-state index contributed by atoms with van der Waals surface area (Å²) in [6.07, 6.45) is 0. The molecule has 0 saturated carbocycles. The molecule has 1 aliphatic rings. The summed E-state index contributed by atoms with van der Waals surface area (Å²) < 4.78 is 29.7. The largest absolute Gasteiger partial charge is 0.495 e. The summed E-state index contributed by atoms with van der Waals surface area (Å²) in [4.78, 5) is 1.94. The third-order valence-corrected chi connectivity index (χ3v) is 5.06. The van der Waals surface area contributed by atoms with Crippen molar-refractivity contribution in [2.24, 2.45) is 0 Å². The van der Waals surface area contributed by atoms with Crippen molar-refractivity contribution in [1.29, 1.82) is 5.26 Å². The normalized spacial score (nSPS) is 21.0. The molecular formula is C12H14N2O3S. The van der Waals surface area contributed by atoms with E-state index in [1.165, 1.54) is 7.11 Å². The number of methoxy groups -OCH3 is 1. The lowest BCUT2D eigenvalue weighted by atomic mass is 10.1. The van der Waals surface area contributed by atoms with E-state index in [2.05, 4.69) is 0 Å². The van der Waals surface area contributed by atoms with Gasteiger partial charge in [-0.25, -0.2) is 8.42 Å². The maximum absolute atomic E-state index is 12.2. The number of aryl methyl sites for hydroxylation is 1. The topological polar surface area (TPSA) is 70.4 Å². The van der Waals surface area contributed by atoms with Crippen molar-refractivity contribution in [3.05, 3.63) is 17.7 Å². The van der Waals surface area contributed by atoms with Crippen LogP contribution in [-0.2, 0) is 9.84 Å². The fraction of sp³-hybridized carbons (Fsp3) is 0.417. The summed E-state index contributed by atoms with van der Waals surface area (Å²) >= 11 is 0. The molecule has 1 aromatic carbocycles. The van der Waals surface area contributed by atoms with E-state index in [-0.39, 0.29) is 10.6 Å². The first-order valence-electron chi connectivity index (χ1n) is 5.45. The van der Waals surface area contributed by atoms with Crippen LogP contribution >= 0.6 is 0 Å². The Morgan fingerprint density at radius 1 is 1.50 bits per heavy atom. The SMILES string of the molecule is COc1ccc(C)c2c1N(C)C(C#N)CS2(=O)=O. The van der Waals surface area contributed by atoms with Crippen molar-refractivity contribution < 1.29 is 13.2 Å². The van der Waals surface area contributed by atoms with Crippen LogP contribution in [0.15, 0.2) is 17.0 Å². The number of benzene rings is 1. The Bertz CT molecular complexity index is 631. The van der Waals surface area contributed by atoms with Gasteiger partial charge in [0.25, 0.3) is 0 Å². The van der Waals surface area contributed by atoms with Gasteiger partial charge in [-0.15, -0.1) is 0 Å². The van der Waals surface area contributed by atoms with Crippen LogP contribution in [0, 0.1) is 18.3 Å². The van der Waals surface area contributed by atoms with Crippen molar-refractivity contribution in [3.8, 4) is 11.8 Å². The fourth-order valence-corrected chi connectivity index (χ4v) is 4.21. The second-order valence-corrected chi connectivity index (χ2v) is 6.27. The highest BCUT2D eigenvalue weighted by molar-refractivity contribution is 7.91. The average molecular weight is 266 g/mol. The Kier molecular flexibility index (Phi) is 2.95. The van der Waals surface area contributed by atoms with Crippen LogP contribution in [0.1, 0.15) is 5.56 Å². The Morgan fingerprint density at radius 2 is 2.17 bits per heavy atom. The summed E-state index contributed by atoms with van der Waals surface area (Å²) in [5.41, 5.74) is 1.16. The smallest absolute Gasteiger partial charge is 0.183 e. The predicted octanol–water partition coefficient (Wildman–Crippen LogP) is 1.12. The van der Waals surface area contributed by atoms with Crippen molar-refractivity contribution in [2.75, 3.05) is 24.8 Å². The van der Waals surface area contributed by atoms with Crippen molar-refractivity contribution in [2.45, 2.75) is 17.9 Å². The van der Waals surface area contributed by atoms with E-state index < -0.39 is 15.9 Å². The molecule has 1 unspecified atom stereocenters. The highest BCUT2D eigenvalue weighted by Gasteiger charge is 2.37. The lowest BCUT2D eigenvalue weighted by Gasteiger charge is -2.33.